The molecule has 1 saturated carbocycles. The Morgan fingerprint density at radius 3 is 2.88 bits per heavy atom. The first kappa shape index (κ1) is 12.1. The molecule has 1 aliphatic rings. The van der Waals surface area contributed by atoms with Gasteiger partial charge in [-0.2, -0.15) is 5.26 Å². The minimum atomic E-state index is 0.554. The van der Waals surface area contributed by atoms with Crippen LogP contribution in [0.4, 0.5) is 0 Å². The predicted molar refractivity (Wildman–Crippen MR) is 69.8 cm³/mol. The molecule has 0 bridgehead atoms. The second-order valence-electron chi connectivity index (χ2n) is 5.02. The van der Waals surface area contributed by atoms with E-state index >= 15 is 0 Å². The minimum absolute atomic E-state index is 0.554. The van der Waals surface area contributed by atoms with Crippen LogP contribution < -0.4 is 5.32 Å². The van der Waals surface area contributed by atoms with Crippen LogP contribution >= 0.6 is 0 Å². The Labute approximate surface area is 104 Å². The highest BCUT2D eigenvalue weighted by atomic mass is 14.8. The van der Waals surface area contributed by atoms with Gasteiger partial charge in [0, 0.05) is 6.54 Å². The Morgan fingerprint density at radius 1 is 1.47 bits per heavy atom. The second-order valence-corrected chi connectivity index (χ2v) is 5.02. The molecule has 0 aromatic heterocycles. The zero-order chi connectivity index (χ0) is 12.1. The monoisotopic (exact) mass is 228 g/mol. The molecule has 2 rings (SSSR count). The van der Waals surface area contributed by atoms with Gasteiger partial charge in [-0.15, -0.1) is 0 Å². The maximum atomic E-state index is 8.95. The lowest BCUT2D eigenvalue weighted by Crippen LogP contribution is -2.22. The lowest BCUT2D eigenvalue weighted by atomic mass is 9.77. The molecule has 17 heavy (non-hydrogen) atoms. The Bertz CT molecular complexity index is 402. The largest absolute Gasteiger partial charge is 0.319 e. The SMILES string of the molecule is CNCC(CC1CCC1)c1cccc(C#N)c1. The molecule has 1 N–H and O–H groups in total. The summed E-state index contributed by atoms with van der Waals surface area (Å²) in [6.07, 6.45) is 5.43. The maximum Gasteiger partial charge on any atom is 0.0991 e. The summed E-state index contributed by atoms with van der Waals surface area (Å²) in [5, 5.41) is 12.2. The third-order valence-corrected chi connectivity index (χ3v) is 3.78. The van der Waals surface area contributed by atoms with Crippen LogP contribution in [-0.4, -0.2) is 13.6 Å². The van der Waals surface area contributed by atoms with Crippen LogP contribution in [0.25, 0.3) is 0 Å². The topological polar surface area (TPSA) is 35.8 Å². The first-order valence-electron chi connectivity index (χ1n) is 6.48. The van der Waals surface area contributed by atoms with Gasteiger partial charge in [-0.1, -0.05) is 31.4 Å². The van der Waals surface area contributed by atoms with E-state index in [2.05, 4.69) is 17.5 Å². The van der Waals surface area contributed by atoms with E-state index in [1.807, 2.05) is 25.2 Å². The summed E-state index contributed by atoms with van der Waals surface area (Å²) in [6, 6.07) is 10.3. The van der Waals surface area contributed by atoms with Crippen molar-refractivity contribution in [3.63, 3.8) is 0 Å². The standard InChI is InChI=1S/C15H20N2/c1-17-11-15(8-12-4-2-5-12)14-7-3-6-13(9-14)10-16/h3,6-7,9,12,15,17H,2,4-5,8,11H2,1H3. The van der Waals surface area contributed by atoms with Crippen molar-refractivity contribution < 1.29 is 0 Å². The van der Waals surface area contributed by atoms with Crippen molar-refractivity contribution in [2.75, 3.05) is 13.6 Å². The molecule has 0 radical (unpaired) electrons. The highest BCUT2D eigenvalue weighted by molar-refractivity contribution is 5.34. The average Bonchev–Trinajstić information content (AvgIpc) is 2.32. The van der Waals surface area contributed by atoms with Gasteiger partial charge in [-0.25, -0.2) is 0 Å². The van der Waals surface area contributed by atoms with Crippen LogP contribution in [0.2, 0.25) is 0 Å². The van der Waals surface area contributed by atoms with Crippen LogP contribution in [0.15, 0.2) is 24.3 Å². The zero-order valence-electron chi connectivity index (χ0n) is 10.4. The third kappa shape index (κ3) is 3.08. The molecule has 1 aromatic carbocycles. The third-order valence-electron chi connectivity index (χ3n) is 3.78. The Hall–Kier alpha value is -1.33. The average molecular weight is 228 g/mol. The molecule has 0 heterocycles. The van der Waals surface area contributed by atoms with Gasteiger partial charge >= 0.3 is 0 Å². The normalized spacial score (nSPS) is 17.2. The molecule has 1 unspecified atom stereocenters. The van der Waals surface area contributed by atoms with Crippen molar-refractivity contribution >= 4 is 0 Å². The highest BCUT2D eigenvalue weighted by Crippen LogP contribution is 2.35. The molecule has 0 aliphatic heterocycles. The lowest BCUT2D eigenvalue weighted by molar-refractivity contribution is 0.274. The van der Waals surface area contributed by atoms with Gasteiger partial charge in [0.15, 0.2) is 0 Å². The van der Waals surface area contributed by atoms with Crippen molar-refractivity contribution in [1.82, 2.24) is 5.32 Å². The summed E-state index contributed by atoms with van der Waals surface area (Å²) >= 11 is 0. The van der Waals surface area contributed by atoms with E-state index < -0.39 is 0 Å². The van der Waals surface area contributed by atoms with Gasteiger partial charge in [0.05, 0.1) is 11.6 Å². The fourth-order valence-corrected chi connectivity index (χ4v) is 2.58. The molecule has 0 spiro atoms. The summed E-state index contributed by atoms with van der Waals surface area (Å²) in [5.41, 5.74) is 2.09. The van der Waals surface area contributed by atoms with Crippen LogP contribution in [0.5, 0.6) is 0 Å². The maximum absolute atomic E-state index is 8.95. The van der Waals surface area contributed by atoms with Crippen molar-refractivity contribution in [2.45, 2.75) is 31.6 Å². The fourth-order valence-electron chi connectivity index (χ4n) is 2.58. The second kappa shape index (κ2) is 5.84. The Balaban J connectivity index is 2.09. The summed E-state index contributed by atoms with van der Waals surface area (Å²) in [4.78, 5) is 0. The number of hydrogen-bond donors (Lipinski definition) is 1. The van der Waals surface area contributed by atoms with Gasteiger partial charge in [-0.3, -0.25) is 0 Å². The minimum Gasteiger partial charge on any atom is -0.319 e. The molecule has 2 nitrogen and oxygen atoms in total. The van der Waals surface area contributed by atoms with Gasteiger partial charge in [-0.05, 0) is 43.0 Å². The molecule has 90 valence electrons. The molecule has 2 heteroatoms. The van der Waals surface area contributed by atoms with E-state index in [1.54, 1.807) is 0 Å². The number of benzene rings is 1. The van der Waals surface area contributed by atoms with E-state index in [4.69, 9.17) is 5.26 Å². The van der Waals surface area contributed by atoms with E-state index in [-0.39, 0.29) is 0 Å². The number of nitrogens with one attached hydrogen (secondary N) is 1. The molecule has 0 saturated heterocycles. The van der Waals surface area contributed by atoms with E-state index in [0.29, 0.717) is 5.92 Å². The molecule has 1 aromatic rings. The lowest BCUT2D eigenvalue weighted by Gasteiger charge is -2.30. The summed E-state index contributed by atoms with van der Waals surface area (Å²) in [5.74, 6) is 1.46. The van der Waals surface area contributed by atoms with Crippen LogP contribution in [0.1, 0.15) is 42.7 Å². The summed E-state index contributed by atoms with van der Waals surface area (Å²) < 4.78 is 0. The Morgan fingerprint density at radius 2 is 2.29 bits per heavy atom. The van der Waals surface area contributed by atoms with Crippen LogP contribution in [0.3, 0.4) is 0 Å². The van der Waals surface area contributed by atoms with E-state index in [9.17, 15) is 0 Å². The smallest absolute Gasteiger partial charge is 0.0991 e. The molecule has 1 aliphatic carbocycles. The van der Waals surface area contributed by atoms with Gasteiger partial charge in [0.2, 0.25) is 0 Å². The zero-order valence-corrected chi connectivity index (χ0v) is 10.4. The summed E-state index contributed by atoms with van der Waals surface area (Å²) in [7, 11) is 2.00. The van der Waals surface area contributed by atoms with Gasteiger partial charge in [0.25, 0.3) is 0 Å². The number of rotatable bonds is 5. The highest BCUT2D eigenvalue weighted by Gasteiger charge is 2.22. The van der Waals surface area contributed by atoms with Crippen molar-refractivity contribution in [2.24, 2.45) is 5.92 Å². The van der Waals surface area contributed by atoms with Crippen molar-refractivity contribution in [3.8, 4) is 6.07 Å². The van der Waals surface area contributed by atoms with E-state index in [1.165, 1.54) is 31.2 Å². The molecule has 0 amide bonds. The van der Waals surface area contributed by atoms with Gasteiger partial charge in [0.1, 0.15) is 0 Å². The van der Waals surface area contributed by atoms with Gasteiger partial charge < -0.3 is 5.32 Å². The van der Waals surface area contributed by atoms with Crippen molar-refractivity contribution in [3.05, 3.63) is 35.4 Å². The van der Waals surface area contributed by atoms with E-state index in [0.717, 1.165) is 18.0 Å². The number of nitriles is 1. The fraction of sp³-hybridized carbons (Fsp3) is 0.533. The number of likely N-dealkylation sites (N-methyl/N-ethyl adjacent to an activating group) is 1. The first-order valence-corrected chi connectivity index (χ1v) is 6.48. The molecular weight excluding hydrogens is 208 g/mol. The molecule has 1 atom stereocenters. The number of nitrogens with zero attached hydrogens (tertiary/aromatic N) is 1. The molecular formula is C15H20N2. The van der Waals surface area contributed by atoms with Crippen LogP contribution in [-0.2, 0) is 0 Å². The van der Waals surface area contributed by atoms with Crippen LogP contribution in [0, 0.1) is 17.2 Å². The molecule has 1 fully saturated rings. The predicted octanol–water partition coefficient (Wildman–Crippen LogP) is 3.05. The first-order chi connectivity index (χ1) is 8.33. The Kier molecular flexibility index (Phi) is 4.17. The summed E-state index contributed by atoms with van der Waals surface area (Å²) in [6.45, 7) is 1.01. The number of hydrogen-bond acceptors (Lipinski definition) is 2. The van der Waals surface area contributed by atoms with Crippen molar-refractivity contribution in [1.29, 1.82) is 5.26 Å². The quantitative estimate of drug-likeness (QED) is 0.840.